The molecule has 15 heavy (non-hydrogen) atoms. The monoisotopic (exact) mass is 208 g/mol. The molecule has 0 heterocycles. The number of hydrogen-bond donors (Lipinski definition) is 2. The second-order valence-corrected chi connectivity index (χ2v) is 2.98. The minimum atomic E-state index is -0.330. The Morgan fingerprint density at radius 3 is 2.73 bits per heavy atom. The number of guanidine groups is 1. The zero-order valence-electron chi connectivity index (χ0n) is 8.44. The first-order valence-corrected chi connectivity index (χ1v) is 4.54. The van der Waals surface area contributed by atoms with Crippen molar-refractivity contribution in [1.29, 1.82) is 0 Å². The van der Waals surface area contributed by atoms with Crippen LogP contribution in [0.5, 0.6) is 0 Å². The molecule has 0 bridgehead atoms. The molecule has 4 N–H and O–H groups in total. The number of nitrogens with zero attached hydrogens (tertiary/aromatic N) is 2. The second kappa shape index (κ2) is 5.09. The predicted molar refractivity (Wildman–Crippen MR) is 59.2 cm³/mol. The normalized spacial score (nSPS) is 10.5. The van der Waals surface area contributed by atoms with Crippen LogP contribution in [-0.2, 0) is 6.42 Å². The summed E-state index contributed by atoms with van der Waals surface area (Å²) in [5.74, 6) is -0.485. The van der Waals surface area contributed by atoms with E-state index < -0.39 is 0 Å². The molecule has 80 valence electrons. The van der Waals surface area contributed by atoms with Crippen molar-refractivity contribution in [2.45, 2.75) is 13.3 Å². The van der Waals surface area contributed by atoms with Gasteiger partial charge in [0.25, 0.3) is 0 Å². The van der Waals surface area contributed by atoms with Crippen LogP contribution in [0.15, 0.2) is 28.4 Å². The van der Waals surface area contributed by atoms with Crippen molar-refractivity contribution >= 4 is 12.2 Å². The van der Waals surface area contributed by atoms with Gasteiger partial charge in [0.2, 0.25) is 5.96 Å². The van der Waals surface area contributed by atoms with Gasteiger partial charge in [0.15, 0.2) is 0 Å². The molecular weight excluding hydrogens is 195 g/mol. The highest BCUT2D eigenvalue weighted by Crippen LogP contribution is 2.09. The third-order valence-corrected chi connectivity index (χ3v) is 1.84. The van der Waals surface area contributed by atoms with Crippen LogP contribution < -0.4 is 11.5 Å². The van der Waals surface area contributed by atoms with Crippen molar-refractivity contribution in [2.24, 2.45) is 21.7 Å². The van der Waals surface area contributed by atoms with Crippen molar-refractivity contribution in [3.63, 3.8) is 0 Å². The van der Waals surface area contributed by atoms with Crippen LogP contribution in [0.25, 0.3) is 0 Å². The molecule has 1 aromatic carbocycles. The molecule has 1 aromatic rings. The SMILES string of the molecule is CCc1ccc(C=NN=C(N)N)c(F)c1. The maximum Gasteiger partial charge on any atom is 0.211 e. The Kier molecular flexibility index (Phi) is 3.79. The van der Waals surface area contributed by atoms with E-state index in [0.717, 1.165) is 12.0 Å². The van der Waals surface area contributed by atoms with E-state index in [4.69, 9.17) is 11.5 Å². The highest BCUT2D eigenvalue weighted by atomic mass is 19.1. The fourth-order valence-electron chi connectivity index (χ4n) is 1.05. The van der Waals surface area contributed by atoms with E-state index >= 15 is 0 Å². The number of rotatable bonds is 3. The number of aryl methyl sites for hydroxylation is 1. The number of hydrogen-bond acceptors (Lipinski definition) is 2. The van der Waals surface area contributed by atoms with Crippen LogP contribution in [-0.4, -0.2) is 12.2 Å². The van der Waals surface area contributed by atoms with Gasteiger partial charge in [-0.3, -0.25) is 0 Å². The van der Waals surface area contributed by atoms with E-state index in [1.165, 1.54) is 12.3 Å². The summed E-state index contributed by atoms with van der Waals surface area (Å²) >= 11 is 0. The summed E-state index contributed by atoms with van der Waals surface area (Å²) in [7, 11) is 0. The van der Waals surface area contributed by atoms with Gasteiger partial charge in [-0.1, -0.05) is 19.1 Å². The molecule has 0 amide bonds. The summed E-state index contributed by atoms with van der Waals surface area (Å²) in [6.45, 7) is 1.96. The number of nitrogens with two attached hydrogens (primary N) is 2. The first-order chi connectivity index (χ1) is 7.13. The molecule has 0 spiro atoms. The molecule has 0 aliphatic carbocycles. The quantitative estimate of drug-likeness (QED) is 0.441. The lowest BCUT2D eigenvalue weighted by molar-refractivity contribution is 0.624. The Balaban J connectivity index is 2.87. The minimum Gasteiger partial charge on any atom is -0.369 e. The molecule has 0 aromatic heterocycles. The molecule has 0 atom stereocenters. The number of halogens is 1. The van der Waals surface area contributed by atoms with E-state index in [-0.39, 0.29) is 11.8 Å². The molecule has 0 aliphatic heterocycles. The molecular formula is C10H13FN4. The Morgan fingerprint density at radius 1 is 1.47 bits per heavy atom. The molecule has 1 rings (SSSR count). The highest BCUT2D eigenvalue weighted by Gasteiger charge is 1.99. The van der Waals surface area contributed by atoms with Gasteiger partial charge in [-0.15, -0.1) is 5.10 Å². The van der Waals surface area contributed by atoms with Crippen molar-refractivity contribution in [3.8, 4) is 0 Å². The lowest BCUT2D eigenvalue weighted by Gasteiger charge is -1.99. The van der Waals surface area contributed by atoms with Crippen LogP contribution in [0.1, 0.15) is 18.1 Å². The molecule has 5 heteroatoms. The fraction of sp³-hybridized carbons (Fsp3) is 0.200. The first kappa shape index (κ1) is 11.2. The molecule has 0 saturated heterocycles. The smallest absolute Gasteiger partial charge is 0.211 e. The summed E-state index contributed by atoms with van der Waals surface area (Å²) in [5, 5.41) is 6.91. The van der Waals surface area contributed by atoms with Gasteiger partial charge in [0, 0.05) is 5.56 Å². The van der Waals surface area contributed by atoms with Crippen molar-refractivity contribution in [3.05, 3.63) is 35.1 Å². The Morgan fingerprint density at radius 2 is 2.20 bits per heavy atom. The van der Waals surface area contributed by atoms with E-state index in [2.05, 4.69) is 10.2 Å². The van der Waals surface area contributed by atoms with E-state index in [1.54, 1.807) is 6.07 Å². The van der Waals surface area contributed by atoms with Gasteiger partial charge in [-0.25, -0.2) is 4.39 Å². The van der Waals surface area contributed by atoms with Gasteiger partial charge < -0.3 is 11.5 Å². The second-order valence-electron chi connectivity index (χ2n) is 2.98. The molecule has 0 fully saturated rings. The summed E-state index contributed by atoms with van der Waals surface area (Å²) in [5.41, 5.74) is 11.4. The van der Waals surface area contributed by atoms with Gasteiger partial charge in [-0.2, -0.15) is 5.10 Å². The van der Waals surface area contributed by atoms with Gasteiger partial charge in [-0.05, 0) is 18.1 Å². The zero-order valence-corrected chi connectivity index (χ0v) is 8.44. The summed E-state index contributed by atoms with van der Waals surface area (Å²) < 4.78 is 13.4. The van der Waals surface area contributed by atoms with Crippen LogP contribution >= 0.6 is 0 Å². The summed E-state index contributed by atoms with van der Waals surface area (Å²) in [6, 6.07) is 4.94. The molecule has 0 unspecified atom stereocenters. The van der Waals surface area contributed by atoms with E-state index in [9.17, 15) is 4.39 Å². The van der Waals surface area contributed by atoms with Crippen molar-refractivity contribution in [2.75, 3.05) is 0 Å². The van der Waals surface area contributed by atoms with Gasteiger partial charge >= 0.3 is 0 Å². The van der Waals surface area contributed by atoms with Crippen LogP contribution in [0.2, 0.25) is 0 Å². The van der Waals surface area contributed by atoms with Crippen LogP contribution in [0.3, 0.4) is 0 Å². The van der Waals surface area contributed by atoms with E-state index in [1.807, 2.05) is 13.0 Å². The van der Waals surface area contributed by atoms with E-state index in [0.29, 0.717) is 5.56 Å². The van der Waals surface area contributed by atoms with Gasteiger partial charge in [0.05, 0.1) is 6.21 Å². The Labute approximate surface area is 87.5 Å². The number of benzene rings is 1. The topological polar surface area (TPSA) is 76.8 Å². The molecule has 4 nitrogen and oxygen atoms in total. The molecule has 0 radical (unpaired) electrons. The largest absolute Gasteiger partial charge is 0.369 e. The average molecular weight is 208 g/mol. The molecule has 0 saturated carbocycles. The van der Waals surface area contributed by atoms with Crippen molar-refractivity contribution in [1.82, 2.24) is 0 Å². The van der Waals surface area contributed by atoms with Gasteiger partial charge in [0.1, 0.15) is 5.82 Å². The fourth-order valence-corrected chi connectivity index (χ4v) is 1.05. The average Bonchev–Trinajstić information content (AvgIpc) is 2.20. The zero-order chi connectivity index (χ0) is 11.3. The Hall–Kier alpha value is -1.91. The van der Waals surface area contributed by atoms with Crippen LogP contribution in [0, 0.1) is 5.82 Å². The third kappa shape index (κ3) is 3.38. The van der Waals surface area contributed by atoms with Crippen LogP contribution in [0.4, 0.5) is 4.39 Å². The lowest BCUT2D eigenvalue weighted by atomic mass is 10.1. The predicted octanol–water partition coefficient (Wildman–Crippen LogP) is 0.995. The summed E-state index contributed by atoms with van der Waals surface area (Å²) in [6.07, 6.45) is 2.07. The van der Waals surface area contributed by atoms with Crippen molar-refractivity contribution < 1.29 is 4.39 Å². The Bertz CT molecular complexity index is 394. The maximum absolute atomic E-state index is 13.4. The maximum atomic E-state index is 13.4. The standard InChI is InChI=1S/C10H13FN4/c1-2-7-3-4-8(9(11)5-7)6-14-15-10(12)13/h3-6H,2H2,1H3,(H4,12,13,15). The molecule has 0 aliphatic rings. The third-order valence-electron chi connectivity index (χ3n) is 1.84. The minimum absolute atomic E-state index is 0.156. The summed E-state index contributed by atoms with van der Waals surface area (Å²) in [4.78, 5) is 0. The highest BCUT2D eigenvalue weighted by molar-refractivity contribution is 5.81. The first-order valence-electron chi connectivity index (χ1n) is 4.54. The lowest BCUT2D eigenvalue weighted by Crippen LogP contribution is -2.21.